The Morgan fingerprint density at radius 2 is 2.32 bits per heavy atom. The third kappa shape index (κ3) is 2.98. The molecule has 1 N–H and O–H groups in total. The third-order valence-corrected chi connectivity index (χ3v) is 3.83. The van der Waals surface area contributed by atoms with Crippen molar-refractivity contribution in [3.63, 3.8) is 0 Å². The molecule has 0 unspecified atom stereocenters. The topological polar surface area (TPSA) is 60.5 Å². The number of halogens is 1. The van der Waals surface area contributed by atoms with Crippen LogP contribution in [0.1, 0.15) is 5.56 Å². The number of amides is 1. The molecule has 1 amide bonds. The minimum atomic E-state index is -0.276. The van der Waals surface area contributed by atoms with E-state index in [2.05, 4.69) is 10.3 Å². The van der Waals surface area contributed by atoms with Crippen LogP contribution in [0.4, 0.5) is 5.13 Å². The summed E-state index contributed by atoms with van der Waals surface area (Å²) in [6, 6.07) is 3.37. The van der Waals surface area contributed by atoms with Crippen molar-refractivity contribution in [2.75, 3.05) is 12.4 Å². The highest BCUT2D eigenvalue weighted by Gasteiger charge is 2.17. The van der Waals surface area contributed by atoms with Crippen molar-refractivity contribution in [2.24, 2.45) is 0 Å². The van der Waals surface area contributed by atoms with Gasteiger partial charge in [-0.15, -0.1) is 11.3 Å². The predicted octanol–water partition coefficient (Wildman–Crippen LogP) is 3.73. The van der Waals surface area contributed by atoms with Gasteiger partial charge in [0, 0.05) is 33.8 Å². The first-order chi connectivity index (χ1) is 10.7. The van der Waals surface area contributed by atoms with Crippen molar-refractivity contribution in [3.8, 4) is 11.5 Å². The molecule has 7 heteroatoms. The van der Waals surface area contributed by atoms with Crippen molar-refractivity contribution in [1.29, 1.82) is 0 Å². The summed E-state index contributed by atoms with van der Waals surface area (Å²) in [5.41, 5.74) is 1.09. The zero-order valence-corrected chi connectivity index (χ0v) is 13.1. The maximum atomic E-state index is 12.3. The molecule has 1 aromatic carbocycles. The molecule has 0 fully saturated rings. The van der Waals surface area contributed by atoms with Crippen molar-refractivity contribution in [2.45, 2.75) is 0 Å². The molecule has 0 atom stereocenters. The number of anilines is 1. The second kappa shape index (κ2) is 6.21. The number of hydrogen-bond acceptors (Lipinski definition) is 5. The Kier molecular flexibility index (Phi) is 4.13. The largest absolute Gasteiger partial charge is 0.493 e. The minimum absolute atomic E-state index is 0.276. The molecular weight excluding hydrogens is 324 g/mol. The molecule has 112 valence electrons. The second-order valence-electron chi connectivity index (χ2n) is 4.34. The van der Waals surface area contributed by atoms with Crippen LogP contribution in [0.15, 0.2) is 41.6 Å². The molecule has 0 saturated carbocycles. The first-order valence-electron chi connectivity index (χ1n) is 6.30. The van der Waals surface area contributed by atoms with Gasteiger partial charge in [-0.2, -0.15) is 0 Å². The first kappa shape index (κ1) is 14.6. The highest BCUT2D eigenvalue weighted by Crippen LogP contribution is 2.37. The van der Waals surface area contributed by atoms with Crippen LogP contribution in [0.3, 0.4) is 0 Å². The molecule has 2 aromatic rings. The van der Waals surface area contributed by atoms with E-state index in [9.17, 15) is 4.79 Å². The second-order valence-corrected chi connectivity index (χ2v) is 5.67. The van der Waals surface area contributed by atoms with E-state index in [1.54, 1.807) is 35.9 Å². The van der Waals surface area contributed by atoms with E-state index in [0.717, 1.165) is 0 Å². The van der Waals surface area contributed by atoms with Crippen LogP contribution >= 0.6 is 22.9 Å². The Hall–Kier alpha value is -2.31. The number of methoxy groups -OCH3 is 1. The van der Waals surface area contributed by atoms with Gasteiger partial charge in [0.15, 0.2) is 16.6 Å². The number of aromatic nitrogens is 1. The Morgan fingerprint density at radius 1 is 1.45 bits per heavy atom. The first-order valence-corrected chi connectivity index (χ1v) is 7.56. The molecule has 3 rings (SSSR count). The van der Waals surface area contributed by atoms with Gasteiger partial charge in [0.05, 0.1) is 13.4 Å². The number of benzene rings is 1. The van der Waals surface area contributed by atoms with Crippen molar-refractivity contribution in [1.82, 2.24) is 4.98 Å². The van der Waals surface area contributed by atoms with Gasteiger partial charge in [0.1, 0.15) is 0 Å². The molecule has 0 bridgehead atoms. The van der Waals surface area contributed by atoms with Crippen molar-refractivity contribution >= 4 is 40.1 Å². The SMILES string of the molecule is COc1cc(Cl)cc2c1OC=CC(C(=O)Nc1nccs1)=C2. The van der Waals surface area contributed by atoms with Crippen LogP contribution in [0, 0.1) is 0 Å². The average molecular weight is 335 g/mol. The molecule has 0 saturated heterocycles. The molecule has 5 nitrogen and oxygen atoms in total. The molecule has 0 spiro atoms. The number of nitrogens with one attached hydrogen (secondary N) is 1. The third-order valence-electron chi connectivity index (χ3n) is 2.93. The number of thiazole rings is 1. The summed E-state index contributed by atoms with van der Waals surface area (Å²) in [5.74, 6) is 0.742. The number of nitrogens with zero attached hydrogens (tertiary/aromatic N) is 1. The average Bonchev–Trinajstić information content (AvgIpc) is 2.90. The van der Waals surface area contributed by atoms with Gasteiger partial charge in [-0.05, 0) is 18.2 Å². The predicted molar refractivity (Wildman–Crippen MR) is 86.5 cm³/mol. The van der Waals surface area contributed by atoms with Crippen LogP contribution < -0.4 is 14.8 Å². The summed E-state index contributed by atoms with van der Waals surface area (Å²) in [6.07, 6.45) is 6.34. The van der Waals surface area contributed by atoms with E-state index in [4.69, 9.17) is 21.1 Å². The minimum Gasteiger partial charge on any atom is -0.493 e. The van der Waals surface area contributed by atoms with Gasteiger partial charge in [-0.3, -0.25) is 10.1 Å². The lowest BCUT2D eigenvalue weighted by molar-refractivity contribution is -0.112. The number of hydrogen-bond donors (Lipinski definition) is 1. The molecule has 2 heterocycles. The summed E-state index contributed by atoms with van der Waals surface area (Å²) in [7, 11) is 1.53. The molecular formula is C15H11ClN2O3S. The number of ether oxygens (including phenoxy) is 2. The lowest BCUT2D eigenvalue weighted by Crippen LogP contribution is -2.12. The van der Waals surface area contributed by atoms with Gasteiger partial charge in [0.2, 0.25) is 0 Å². The lowest BCUT2D eigenvalue weighted by Gasteiger charge is -2.10. The summed E-state index contributed by atoms with van der Waals surface area (Å²) < 4.78 is 10.8. The Morgan fingerprint density at radius 3 is 3.05 bits per heavy atom. The molecule has 0 radical (unpaired) electrons. The summed E-state index contributed by atoms with van der Waals surface area (Å²) in [6.45, 7) is 0. The fraction of sp³-hybridized carbons (Fsp3) is 0.0667. The number of carbonyl (C=O) groups excluding carboxylic acids is 1. The maximum Gasteiger partial charge on any atom is 0.257 e. The molecule has 0 aliphatic carbocycles. The highest BCUT2D eigenvalue weighted by atomic mass is 35.5. The zero-order chi connectivity index (χ0) is 15.5. The fourth-order valence-electron chi connectivity index (χ4n) is 1.96. The van der Waals surface area contributed by atoms with E-state index in [1.165, 1.54) is 24.7 Å². The van der Waals surface area contributed by atoms with Gasteiger partial charge < -0.3 is 9.47 Å². The molecule has 1 aliphatic heterocycles. The van der Waals surface area contributed by atoms with E-state index >= 15 is 0 Å². The van der Waals surface area contributed by atoms with Gasteiger partial charge in [-0.1, -0.05) is 11.6 Å². The summed E-state index contributed by atoms with van der Waals surface area (Å²) >= 11 is 7.41. The van der Waals surface area contributed by atoms with E-state index in [0.29, 0.717) is 32.8 Å². The van der Waals surface area contributed by atoms with Gasteiger partial charge in [-0.25, -0.2) is 4.98 Å². The van der Waals surface area contributed by atoms with E-state index < -0.39 is 0 Å². The van der Waals surface area contributed by atoms with E-state index in [1.807, 2.05) is 0 Å². The van der Waals surface area contributed by atoms with Gasteiger partial charge in [0.25, 0.3) is 5.91 Å². The van der Waals surface area contributed by atoms with Crippen LogP contribution in [0.5, 0.6) is 11.5 Å². The quantitative estimate of drug-likeness (QED) is 0.929. The maximum absolute atomic E-state index is 12.3. The Bertz CT molecular complexity index is 769. The number of rotatable bonds is 3. The standard InChI is InChI=1S/C15H11ClN2O3S/c1-20-12-8-11(16)7-10-6-9(2-4-21-13(10)12)14(19)18-15-17-3-5-22-15/h2-8H,1H3,(H,17,18,19). The summed E-state index contributed by atoms with van der Waals surface area (Å²) in [5, 5.41) is 5.54. The Labute approximate surface area is 135 Å². The molecule has 22 heavy (non-hydrogen) atoms. The zero-order valence-electron chi connectivity index (χ0n) is 11.5. The lowest BCUT2D eigenvalue weighted by atomic mass is 10.1. The van der Waals surface area contributed by atoms with Crippen LogP contribution in [-0.2, 0) is 4.79 Å². The van der Waals surface area contributed by atoms with Crippen molar-refractivity contribution in [3.05, 3.63) is 52.2 Å². The number of fused-ring (bicyclic) bond motifs is 1. The fourth-order valence-corrected chi connectivity index (χ4v) is 2.70. The van der Waals surface area contributed by atoms with Crippen LogP contribution in [0.25, 0.3) is 6.08 Å². The number of carbonyl (C=O) groups is 1. The van der Waals surface area contributed by atoms with Crippen LogP contribution in [0.2, 0.25) is 5.02 Å². The highest BCUT2D eigenvalue weighted by molar-refractivity contribution is 7.13. The monoisotopic (exact) mass is 334 g/mol. The smallest absolute Gasteiger partial charge is 0.257 e. The van der Waals surface area contributed by atoms with E-state index in [-0.39, 0.29) is 5.91 Å². The normalized spacial score (nSPS) is 12.7. The Balaban J connectivity index is 1.96. The van der Waals surface area contributed by atoms with Crippen LogP contribution in [-0.4, -0.2) is 18.0 Å². The molecule has 1 aromatic heterocycles. The summed E-state index contributed by atoms with van der Waals surface area (Å²) in [4.78, 5) is 16.3. The molecule has 1 aliphatic rings. The van der Waals surface area contributed by atoms with Crippen molar-refractivity contribution < 1.29 is 14.3 Å². The van der Waals surface area contributed by atoms with Gasteiger partial charge >= 0.3 is 0 Å².